The molecule has 0 aliphatic heterocycles. The molecule has 0 bridgehead atoms. The van der Waals surface area contributed by atoms with E-state index < -0.39 is 47.0 Å². The molecule has 2 aromatic carbocycles. The topological polar surface area (TPSA) is 52.6 Å². The van der Waals surface area contributed by atoms with Crippen LogP contribution in [-0.4, -0.2) is 25.2 Å². The molecule has 0 aromatic heterocycles. The summed E-state index contributed by atoms with van der Waals surface area (Å²) in [6, 6.07) is 4.80. The van der Waals surface area contributed by atoms with E-state index >= 15 is 0 Å². The molecule has 0 spiro atoms. The molecule has 28 heavy (non-hydrogen) atoms. The van der Waals surface area contributed by atoms with Crippen LogP contribution in [0.5, 0.6) is 0 Å². The standard InChI is InChI=1S/C20H18F4O4/c1-3-27-19(25)17(13-7-5-11(21)9-15(13)23)18(20(26)28-4-2)14-8-6-12(22)10-16(14)24/h5-10,17-18H,3-4H2,1-2H3/t17-,18+. The van der Waals surface area contributed by atoms with Gasteiger partial charge in [-0.25, -0.2) is 17.6 Å². The lowest BCUT2D eigenvalue weighted by Gasteiger charge is -2.25. The van der Waals surface area contributed by atoms with E-state index in [4.69, 9.17) is 9.47 Å². The number of rotatable bonds is 7. The van der Waals surface area contributed by atoms with Gasteiger partial charge in [-0.1, -0.05) is 12.1 Å². The molecule has 0 amide bonds. The Labute approximate surface area is 159 Å². The van der Waals surface area contributed by atoms with E-state index in [2.05, 4.69) is 0 Å². The Morgan fingerprint density at radius 3 is 1.39 bits per heavy atom. The van der Waals surface area contributed by atoms with Crippen LogP contribution in [0.15, 0.2) is 36.4 Å². The van der Waals surface area contributed by atoms with Crippen LogP contribution in [0, 0.1) is 23.3 Å². The normalized spacial score (nSPS) is 12.9. The summed E-state index contributed by atoms with van der Waals surface area (Å²) in [7, 11) is 0. The monoisotopic (exact) mass is 398 g/mol. The van der Waals surface area contributed by atoms with Gasteiger partial charge in [-0.15, -0.1) is 0 Å². The van der Waals surface area contributed by atoms with Crippen molar-refractivity contribution in [3.8, 4) is 0 Å². The van der Waals surface area contributed by atoms with Gasteiger partial charge in [-0.2, -0.15) is 0 Å². The Kier molecular flexibility index (Phi) is 7.14. The fourth-order valence-corrected chi connectivity index (χ4v) is 2.86. The Hall–Kier alpha value is -2.90. The van der Waals surface area contributed by atoms with Crippen molar-refractivity contribution >= 4 is 11.9 Å². The van der Waals surface area contributed by atoms with Gasteiger partial charge in [-0.05, 0) is 26.0 Å². The molecule has 0 aliphatic carbocycles. The molecule has 0 heterocycles. The third-order valence-electron chi connectivity index (χ3n) is 4.01. The zero-order valence-corrected chi connectivity index (χ0v) is 15.2. The predicted octanol–water partition coefficient (Wildman–Crippen LogP) is 4.24. The quantitative estimate of drug-likeness (QED) is 0.517. The van der Waals surface area contributed by atoms with Crippen LogP contribution < -0.4 is 0 Å². The van der Waals surface area contributed by atoms with E-state index in [1.165, 1.54) is 13.8 Å². The van der Waals surface area contributed by atoms with E-state index in [-0.39, 0.29) is 24.3 Å². The highest BCUT2D eigenvalue weighted by Crippen LogP contribution is 2.38. The van der Waals surface area contributed by atoms with Gasteiger partial charge in [0.15, 0.2) is 0 Å². The van der Waals surface area contributed by atoms with Gasteiger partial charge in [-0.3, -0.25) is 9.59 Å². The maximum atomic E-state index is 14.4. The summed E-state index contributed by atoms with van der Waals surface area (Å²) in [5.41, 5.74) is -0.747. The van der Waals surface area contributed by atoms with Crippen molar-refractivity contribution in [3.05, 3.63) is 70.8 Å². The van der Waals surface area contributed by atoms with E-state index in [0.717, 1.165) is 24.3 Å². The van der Waals surface area contributed by atoms with Gasteiger partial charge >= 0.3 is 11.9 Å². The van der Waals surface area contributed by atoms with Crippen molar-refractivity contribution in [1.29, 1.82) is 0 Å². The Balaban J connectivity index is 2.70. The fourth-order valence-electron chi connectivity index (χ4n) is 2.86. The number of hydrogen-bond donors (Lipinski definition) is 0. The summed E-state index contributed by atoms with van der Waals surface area (Å²) < 4.78 is 65.4. The minimum Gasteiger partial charge on any atom is -0.465 e. The minimum atomic E-state index is -1.67. The second kappa shape index (κ2) is 9.34. The summed E-state index contributed by atoms with van der Waals surface area (Å²) >= 11 is 0. The number of esters is 2. The van der Waals surface area contributed by atoms with Gasteiger partial charge in [0.1, 0.15) is 35.1 Å². The maximum Gasteiger partial charge on any atom is 0.314 e. The van der Waals surface area contributed by atoms with Crippen LogP contribution in [0.3, 0.4) is 0 Å². The lowest BCUT2D eigenvalue weighted by Crippen LogP contribution is -2.31. The van der Waals surface area contributed by atoms with Crippen molar-refractivity contribution in [2.45, 2.75) is 25.7 Å². The van der Waals surface area contributed by atoms with Crippen molar-refractivity contribution in [2.24, 2.45) is 0 Å². The third kappa shape index (κ3) is 4.68. The molecule has 2 atom stereocenters. The molecular weight excluding hydrogens is 380 g/mol. The molecule has 0 saturated carbocycles. The van der Waals surface area contributed by atoms with E-state index in [1.54, 1.807) is 0 Å². The van der Waals surface area contributed by atoms with Crippen LogP contribution in [0.2, 0.25) is 0 Å². The summed E-state index contributed by atoms with van der Waals surface area (Å²) in [6.07, 6.45) is 0. The molecule has 0 N–H and O–H groups in total. The largest absolute Gasteiger partial charge is 0.465 e. The minimum absolute atomic E-state index is 0.0976. The third-order valence-corrected chi connectivity index (χ3v) is 4.01. The summed E-state index contributed by atoms with van der Waals surface area (Å²) in [5.74, 6) is -9.43. The predicted molar refractivity (Wildman–Crippen MR) is 91.5 cm³/mol. The molecule has 0 saturated heterocycles. The molecule has 0 unspecified atom stereocenters. The molecule has 0 radical (unpaired) electrons. The van der Waals surface area contributed by atoms with Crippen LogP contribution in [0.25, 0.3) is 0 Å². The summed E-state index contributed by atoms with van der Waals surface area (Å²) in [6.45, 7) is 2.79. The van der Waals surface area contributed by atoms with Gasteiger partial charge in [0.25, 0.3) is 0 Å². The van der Waals surface area contributed by atoms with Crippen LogP contribution in [0.1, 0.15) is 36.8 Å². The molecule has 2 rings (SSSR count). The molecular formula is C20H18F4O4. The van der Waals surface area contributed by atoms with Crippen molar-refractivity contribution in [2.75, 3.05) is 13.2 Å². The van der Waals surface area contributed by atoms with Gasteiger partial charge in [0.2, 0.25) is 0 Å². The maximum absolute atomic E-state index is 14.4. The number of ether oxygens (including phenoxy) is 2. The average Bonchev–Trinajstić information content (AvgIpc) is 2.61. The molecule has 4 nitrogen and oxygen atoms in total. The highest BCUT2D eigenvalue weighted by atomic mass is 19.1. The number of benzene rings is 2. The zero-order chi connectivity index (χ0) is 20.8. The van der Waals surface area contributed by atoms with Crippen LogP contribution in [0.4, 0.5) is 17.6 Å². The Morgan fingerprint density at radius 2 is 1.11 bits per heavy atom. The number of halogens is 4. The smallest absolute Gasteiger partial charge is 0.314 e. The molecule has 2 aromatic rings. The van der Waals surface area contributed by atoms with Gasteiger partial charge < -0.3 is 9.47 Å². The Bertz CT molecular complexity index is 798. The average molecular weight is 398 g/mol. The highest BCUT2D eigenvalue weighted by molar-refractivity contribution is 5.90. The van der Waals surface area contributed by atoms with E-state index in [0.29, 0.717) is 12.1 Å². The first-order valence-corrected chi connectivity index (χ1v) is 8.53. The second-order valence-electron chi connectivity index (χ2n) is 5.79. The lowest BCUT2D eigenvalue weighted by atomic mass is 9.80. The van der Waals surface area contributed by atoms with Crippen LogP contribution >= 0.6 is 0 Å². The SMILES string of the molecule is CCOC(=O)[C@H](c1ccc(F)cc1F)[C@@H](C(=O)OCC)c1ccc(F)cc1F. The van der Waals surface area contributed by atoms with Crippen molar-refractivity contribution < 1.29 is 36.6 Å². The summed E-state index contributed by atoms with van der Waals surface area (Å²) in [4.78, 5) is 25.2. The lowest BCUT2D eigenvalue weighted by molar-refractivity contribution is -0.153. The highest BCUT2D eigenvalue weighted by Gasteiger charge is 2.41. The zero-order valence-electron chi connectivity index (χ0n) is 15.2. The molecule has 150 valence electrons. The van der Waals surface area contributed by atoms with Gasteiger partial charge in [0, 0.05) is 23.3 Å². The summed E-state index contributed by atoms with van der Waals surface area (Å²) in [5, 5.41) is 0. The fraction of sp³-hybridized carbons (Fsp3) is 0.300. The Morgan fingerprint density at radius 1 is 0.750 bits per heavy atom. The first-order chi connectivity index (χ1) is 13.3. The van der Waals surface area contributed by atoms with Crippen LogP contribution in [-0.2, 0) is 19.1 Å². The van der Waals surface area contributed by atoms with Gasteiger partial charge in [0.05, 0.1) is 13.2 Å². The number of carbonyl (C=O) groups excluding carboxylic acids is 2. The number of carbonyl (C=O) groups is 2. The van der Waals surface area contributed by atoms with E-state index in [9.17, 15) is 27.2 Å². The molecule has 0 aliphatic rings. The van der Waals surface area contributed by atoms with Crippen molar-refractivity contribution in [3.63, 3.8) is 0 Å². The molecule has 8 heteroatoms. The first kappa shape index (κ1) is 21.4. The van der Waals surface area contributed by atoms with E-state index in [1.807, 2.05) is 0 Å². The van der Waals surface area contributed by atoms with Crippen molar-refractivity contribution in [1.82, 2.24) is 0 Å². The number of hydrogen-bond acceptors (Lipinski definition) is 4. The first-order valence-electron chi connectivity index (χ1n) is 8.53. The second-order valence-corrected chi connectivity index (χ2v) is 5.79. The molecule has 0 fully saturated rings.